The van der Waals surface area contributed by atoms with Crippen LogP contribution in [0.3, 0.4) is 0 Å². The lowest BCUT2D eigenvalue weighted by Crippen LogP contribution is -2.51. The summed E-state index contributed by atoms with van der Waals surface area (Å²) in [5, 5.41) is 0.907. The normalized spacial score (nSPS) is 14.0. The van der Waals surface area contributed by atoms with Crippen molar-refractivity contribution in [3.05, 3.63) is 64.1 Å². The number of amides is 2. The van der Waals surface area contributed by atoms with Crippen molar-refractivity contribution in [1.29, 1.82) is 0 Å². The fourth-order valence-electron chi connectivity index (χ4n) is 3.27. The van der Waals surface area contributed by atoms with Crippen LogP contribution in [0.15, 0.2) is 48.5 Å². The van der Waals surface area contributed by atoms with E-state index >= 15 is 0 Å². The third-order valence-corrected chi connectivity index (χ3v) is 5.48. The van der Waals surface area contributed by atoms with Gasteiger partial charge in [0.1, 0.15) is 5.75 Å². The molecule has 29 heavy (non-hydrogen) atoms. The summed E-state index contributed by atoms with van der Waals surface area (Å²) >= 11 is 12.0. The summed E-state index contributed by atoms with van der Waals surface area (Å²) in [7, 11) is 0. The lowest BCUT2D eigenvalue weighted by Gasteiger charge is -2.34. The first-order valence-electron chi connectivity index (χ1n) is 9.70. The second-order valence-electron chi connectivity index (χ2n) is 6.96. The number of piperazine rings is 1. The van der Waals surface area contributed by atoms with Gasteiger partial charge in [0.25, 0.3) is 5.91 Å². The Kier molecular flexibility index (Phi) is 7.78. The lowest BCUT2D eigenvalue weighted by molar-refractivity contribution is -0.140. The minimum absolute atomic E-state index is 0.106. The summed E-state index contributed by atoms with van der Waals surface area (Å²) < 4.78 is 5.51. The van der Waals surface area contributed by atoms with Crippen LogP contribution in [-0.4, -0.2) is 54.4 Å². The molecule has 1 aliphatic heterocycles. The van der Waals surface area contributed by atoms with Gasteiger partial charge in [-0.25, -0.2) is 0 Å². The Hall–Kier alpha value is -2.24. The number of hydrogen-bond acceptors (Lipinski definition) is 3. The van der Waals surface area contributed by atoms with E-state index < -0.39 is 0 Å². The van der Waals surface area contributed by atoms with Gasteiger partial charge in [-0.05, 0) is 30.5 Å². The van der Waals surface area contributed by atoms with Crippen molar-refractivity contribution in [3.63, 3.8) is 0 Å². The van der Waals surface area contributed by atoms with Crippen LogP contribution in [0.25, 0.3) is 0 Å². The first kappa shape index (κ1) is 21.5. The van der Waals surface area contributed by atoms with Gasteiger partial charge in [-0.2, -0.15) is 0 Å². The Morgan fingerprint density at radius 2 is 1.55 bits per heavy atom. The second kappa shape index (κ2) is 10.5. The second-order valence-corrected chi connectivity index (χ2v) is 7.81. The maximum absolute atomic E-state index is 12.4. The standard InChI is InChI=1S/C22H24Cl2N2O3/c23-18-9-10-19(24)20(15-18)29-16-22(28)26-13-11-25(12-14-26)21(27)8-4-7-17-5-2-1-3-6-17/h1-3,5-6,9-10,15H,4,7-8,11-14,16H2. The molecule has 5 nitrogen and oxygen atoms in total. The molecule has 7 heteroatoms. The topological polar surface area (TPSA) is 49.9 Å². The Bertz CT molecular complexity index is 837. The maximum atomic E-state index is 12.4. The molecular formula is C22H24Cl2N2O3. The van der Waals surface area contributed by atoms with Crippen molar-refractivity contribution in [3.8, 4) is 5.75 Å². The van der Waals surface area contributed by atoms with E-state index in [0.717, 1.165) is 12.8 Å². The van der Waals surface area contributed by atoms with Crippen molar-refractivity contribution in [1.82, 2.24) is 9.80 Å². The highest BCUT2D eigenvalue weighted by Gasteiger charge is 2.24. The van der Waals surface area contributed by atoms with Gasteiger partial charge in [-0.3, -0.25) is 9.59 Å². The van der Waals surface area contributed by atoms with E-state index in [-0.39, 0.29) is 18.4 Å². The molecular weight excluding hydrogens is 411 g/mol. The number of carbonyl (C=O) groups excluding carboxylic acids is 2. The summed E-state index contributed by atoms with van der Waals surface area (Å²) in [6, 6.07) is 15.0. The molecule has 1 heterocycles. The molecule has 0 bridgehead atoms. The molecule has 0 aliphatic carbocycles. The van der Waals surface area contributed by atoms with Gasteiger partial charge >= 0.3 is 0 Å². The van der Waals surface area contributed by atoms with Gasteiger partial charge in [-0.1, -0.05) is 53.5 Å². The molecule has 1 aliphatic rings. The molecule has 1 fully saturated rings. The molecule has 1 saturated heterocycles. The van der Waals surface area contributed by atoms with Crippen molar-refractivity contribution in [2.75, 3.05) is 32.8 Å². The molecule has 0 atom stereocenters. The van der Waals surface area contributed by atoms with Crippen LogP contribution in [0.1, 0.15) is 18.4 Å². The van der Waals surface area contributed by atoms with Crippen molar-refractivity contribution in [2.45, 2.75) is 19.3 Å². The minimum atomic E-state index is -0.128. The summed E-state index contributed by atoms with van der Waals surface area (Å²) in [6.07, 6.45) is 2.25. The van der Waals surface area contributed by atoms with Crippen molar-refractivity contribution in [2.24, 2.45) is 0 Å². The molecule has 0 saturated carbocycles. The number of hydrogen-bond donors (Lipinski definition) is 0. The quantitative estimate of drug-likeness (QED) is 0.659. The average Bonchev–Trinajstić information content (AvgIpc) is 2.75. The number of carbonyl (C=O) groups is 2. The summed E-state index contributed by atoms with van der Waals surface area (Å²) in [5.74, 6) is 0.409. The molecule has 154 valence electrons. The Morgan fingerprint density at radius 1 is 0.897 bits per heavy atom. The molecule has 0 spiro atoms. The van der Waals surface area contributed by atoms with Gasteiger partial charge in [0, 0.05) is 43.7 Å². The van der Waals surface area contributed by atoms with Gasteiger partial charge < -0.3 is 14.5 Å². The molecule has 2 aromatic carbocycles. The van der Waals surface area contributed by atoms with E-state index in [1.54, 1.807) is 23.1 Å². The predicted octanol–water partition coefficient (Wildman–Crippen LogP) is 4.07. The third-order valence-electron chi connectivity index (χ3n) is 4.93. The van der Waals surface area contributed by atoms with Crippen LogP contribution >= 0.6 is 23.2 Å². The van der Waals surface area contributed by atoms with E-state index in [0.29, 0.717) is 48.4 Å². The first-order chi connectivity index (χ1) is 14.0. The number of benzene rings is 2. The molecule has 0 N–H and O–H groups in total. The fraction of sp³-hybridized carbons (Fsp3) is 0.364. The molecule has 0 aromatic heterocycles. The van der Waals surface area contributed by atoms with Crippen LogP contribution in [0, 0.1) is 0 Å². The highest BCUT2D eigenvalue weighted by Crippen LogP contribution is 2.27. The zero-order chi connectivity index (χ0) is 20.6. The molecule has 0 unspecified atom stereocenters. The Morgan fingerprint density at radius 3 is 2.24 bits per heavy atom. The Labute approximate surface area is 181 Å². The van der Waals surface area contributed by atoms with E-state index in [1.807, 2.05) is 23.1 Å². The molecule has 2 aromatic rings. The van der Waals surface area contributed by atoms with E-state index in [2.05, 4.69) is 12.1 Å². The monoisotopic (exact) mass is 434 g/mol. The van der Waals surface area contributed by atoms with E-state index in [9.17, 15) is 9.59 Å². The number of aryl methyl sites for hydroxylation is 1. The average molecular weight is 435 g/mol. The zero-order valence-corrected chi connectivity index (χ0v) is 17.7. The van der Waals surface area contributed by atoms with Crippen LogP contribution in [0.2, 0.25) is 10.0 Å². The minimum Gasteiger partial charge on any atom is -0.482 e. The number of ether oxygens (including phenoxy) is 1. The summed E-state index contributed by atoms with van der Waals surface area (Å²) in [6.45, 7) is 2.01. The summed E-state index contributed by atoms with van der Waals surface area (Å²) in [4.78, 5) is 28.4. The van der Waals surface area contributed by atoms with Gasteiger partial charge in [0.15, 0.2) is 6.61 Å². The number of rotatable bonds is 7. The Balaban J connectivity index is 1.38. The predicted molar refractivity (Wildman–Crippen MR) is 114 cm³/mol. The van der Waals surface area contributed by atoms with Crippen molar-refractivity contribution >= 4 is 35.0 Å². The van der Waals surface area contributed by atoms with Crippen LogP contribution < -0.4 is 4.74 Å². The zero-order valence-electron chi connectivity index (χ0n) is 16.2. The SMILES string of the molecule is O=C(CCCc1ccccc1)N1CCN(C(=O)COc2cc(Cl)ccc2Cl)CC1. The first-order valence-corrected chi connectivity index (χ1v) is 10.5. The maximum Gasteiger partial charge on any atom is 0.260 e. The van der Waals surface area contributed by atoms with Crippen molar-refractivity contribution < 1.29 is 14.3 Å². The van der Waals surface area contributed by atoms with E-state index in [4.69, 9.17) is 27.9 Å². The van der Waals surface area contributed by atoms with Crippen LogP contribution in [0.4, 0.5) is 0 Å². The lowest BCUT2D eigenvalue weighted by atomic mass is 10.1. The molecule has 3 rings (SSSR count). The smallest absolute Gasteiger partial charge is 0.260 e. The highest BCUT2D eigenvalue weighted by molar-refractivity contribution is 6.34. The fourth-order valence-corrected chi connectivity index (χ4v) is 3.60. The summed E-state index contributed by atoms with van der Waals surface area (Å²) in [5.41, 5.74) is 1.25. The van der Waals surface area contributed by atoms with Crippen LogP contribution in [-0.2, 0) is 16.0 Å². The van der Waals surface area contributed by atoms with Crippen LogP contribution in [0.5, 0.6) is 5.75 Å². The highest BCUT2D eigenvalue weighted by atomic mass is 35.5. The van der Waals surface area contributed by atoms with Gasteiger partial charge in [-0.15, -0.1) is 0 Å². The molecule has 2 amide bonds. The van der Waals surface area contributed by atoms with Gasteiger partial charge in [0.2, 0.25) is 5.91 Å². The van der Waals surface area contributed by atoms with Gasteiger partial charge in [0.05, 0.1) is 5.02 Å². The molecule has 0 radical (unpaired) electrons. The van der Waals surface area contributed by atoms with E-state index in [1.165, 1.54) is 5.56 Å². The largest absolute Gasteiger partial charge is 0.482 e. The third kappa shape index (κ3) is 6.38. The number of nitrogens with zero attached hydrogens (tertiary/aromatic N) is 2. The number of halogens is 2.